The van der Waals surface area contributed by atoms with Gasteiger partial charge in [-0.25, -0.2) is 9.78 Å². The molecule has 234 valence electrons. The SMILES string of the molecule is Cc1nc2c(c(=O)n1CC#Cc1ccc(Cl)cc1-c1ccnc3c(C(=O)O)csc13)C[C@@H](N1CCC(OC(F)(F)F)CC1)CC2. The van der Waals surface area contributed by atoms with E-state index < -0.39 is 18.4 Å². The van der Waals surface area contributed by atoms with E-state index in [0.29, 0.717) is 71.0 Å². The summed E-state index contributed by atoms with van der Waals surface area (Å²) in [5.74, 6) is 5.79. The molecule has 45 heavy (non-hydrogen) atoms. The van der Waals surface area contributed by atoms with Gasteiger partial charge in [0.2, 0.25) is 0 Å². The quantitative estimate of drug-likeness (QED) is 0.260. The van der Waals surface area contributed by atoms with Crippen LogP contribution >= 0.6 is 22.9 Å². The molecule has 0 amide bonds. The minimum atomic E-state index is -4.63. The Kier molecular flexibility index (Phi) is 8.72. The van der Waals surface area contributed by atoms with E-state index in [2.05, 4.69) is 26.5 Å². The number of aryl methyl sites for hydroxylation is 2. The zero-order valence-electron chi connectivity index (χ0n) is 24.2. The maximum absolute atomic E-state index is 13.7. The molecule has 6 rings (SSSR count). The molecule has 2 aliphatic rings. The average molecular weight is 657 g/mol. The molecule has 8 nitrogen and oxygen atoms in total. The summed E-state index contributed by atoms with van der Waals surface area (Å²) >= 11 is 7.64. The number of benzene rings is 1. The Morgan fingerprint density at radius 3 is 2.71 bits per heavy atom. The Morgan fingerprint density at radius 2 is 1.98 bits per heavy atom. The number of alkyl halides is 3. The van der Waals surface area contributed by atoms with Crippen LogP contribution in [-0.2, 0) is 24.1 Å². The summed E-state index contributed by atoms with van der Waals surface area (Å²) in [6.45, 7) is 2.84. The Morgan fingerprint density at radius 1 is 1.20 bits per heavy atom. The van der Waals surface area contributed by atoms with Crippen LogP contribution in [0.15, 0.2) is 40.6 Å². The van der Waals surface area contributed by atoms with Gasteiger partial charge in [0.05, 0.1) is 34.1 Å². The first kappa shape index (κ1) is 31.2. The number of carboxylic acids is 1. The second kappa shape index (κ2) is 12.6. The van der Waals surface area contributed by atoms with Crippen LogP contribution in [0.5, 0.6) is 0 Å². The van der Waals surface area contributed by atoms with Gasteiger partial charge in [-0.2, -0.15) is 0 Å². The van der Waals surface area contributed by atoms with Crippen LogP contribution in [0.2, 0.25) is 5.02 Å². The van der Waals surface area contributed by atoms with Gasteiger partial charge in [-0.05, 0) is 63.3 Å². The number of pyridine rings is 1. The maximum Gasteiger partial charge on any atom is 0.522 e. The predicted molar refractivity (Wildman–Crippen MR) is 165 cm³/mol. The molecule has 1 atom stereocenters. The van der Waals surface area contributed by atoms with E-state index in [9.17, 15) is 27.9 Å². The summed E-state index contributed by atoms with van der Waals surface area (Å²) in [7, 11) is 0. The molecule has 1 aliphatic carbocycles. The minimum absolute atomic E-state index is 0.0498. The topological polar surface area (TPSA) is 97.5 Å². The van der Waals surface area contributed by atoms with Crippen molar-refractivity contribution >= 4 is 39.1 Å². The van der Waals surface area contributed by atoms with Crippen molar-refractivity contribution in [3.05, 3.63) is 79.4 Å². The van der Waals surface area contributed by atoms with Crippen molar-refractivity contribution in [2.24, 2.45) is 0 Å². The molecule has 1 aliphatic heterocycles. The first-order valence-electron chi connectivity index (χ1n) is 14.4. The molecule has 3 aromatic heterocycles. The van der Waals surface area contributed by atoms with E-state index in [-0.39, 0.29) is 23.7 Å². The number of likely N-dealkylation sites (tertiary alicyclic amines) is 1. The van der Waals surface area contributed by atoms with Gasteiger partial charge in [0.25, 0.3) is 5.56 Å². The number of halogens is 4. The van der Waals surface area contributed by atoms with Crippen LogP contribution in [0, 0.1) is 18.8 Å². The number of thiophene rings is 1. The lowest BCUT2D eigenvalue weighted by atomic mass is 9.90. The molecule has 1 N–H and O–H groups in total. The number of aromatic nitrogens is 3. The van der Waals surface area contributed by atoms with Crippen molar-refractivity contribution in [1.29, 1.82) is 0 Å². The minimum Gasteiger partial charge on any atom is -0.478 e. The second-order valence-corrected chi connectivity index (χ2v) is 12.5. The lowest BCUT2D eigenvalue weighted by Gasteiger charge is -2.39. The molecule has 13 heteroatoms. The van der Waals surface area contributed by atoms with Gasteiger partial charge in [0, 0.05) is 58.0 Å². The number of ether oxygens (including phenoxy) is 1. The number of hydrogen-bond donors (Lipinski definition) is 1. The summed E-state index contributed by atoms with van der Waals surface area (Å²) < 4.78 is 44.4. The van der Waals surface area contributed by atoms with Crippen LogP contribution in [0.25, 0.3) is 21.3 Å². The molecule has 0 bridgehead atoms. The fraction of sp³-hybridized carbons (Fsp3) is 0.375. The summed E-state index contributed by atoms with van der Waals surface area (Å²) in [4.78, 5) is 36.5. The molecule has 0 saturated carbocycles. The Balaban J connectivity index is 1.23. The second-order valence-electron chi connectivity index (χ2n) is 11.2. The molecule has 0 radical (unpaired) electrons. The molecule has 0 spiro atoms. The summed E-state index contributed by atoms with van der Waals surface area (Å²) in [6.07, 6.45) is -1.43. The molecule has 0 unspecified atom stereocenters. The van der Waals surface area contributed by atoms with Crippen molar-refractivity contribution in [1.82, 2.24) is 19.4 Å². The molecule has 4 heterocycles. The monoisotopic (exact) mass is 656 g/mol. The maximum atomic E-state index is 13.7. The number of fused-ring (bicyclic) bond motifs is 2. The highest BCUT2D eigenvalue weighted by molar-refractivity contribution is 7.18. The van der Waals surface area contributed by atoms with Gasteiger partial charge < -0.3 is 5.11 Å². The van der Waals surface area contributed by atoms with Crippen molar-refractivity contribution in [3.63, 3.8) is 0 Å². The van der Waals surface area contributed by atoms with Gasteiger partial charge >= 0.3 is 12.3 Å². The van der Waals surface area contributed by atoms with Gasteiger partial charge in [0.1, 0.15) is 5.82 Å². The summed E-state index contributed by atoms with van der Waals surface area (Å²) in [6, 6.07) is 7.13. The molecule has 1 saturated heterocycles. The van der Waals surface area contributed by atoms with E-state index in [1.54, 1.807) is 47.3 Å². The van der Waals surface area contributed by atoms with E-state index >= 15 is 0 Å². The third kappa shape index (κ3) is 6.63. The van der Waals surface area contributed by atoms with E-state index in [1.807, 2.05) is 0 Å². The first-order chi connectivity index (χ1) is 21.5. The zero-order chi connectivity index (χ0) is 31.9. The fourth-order valence-electron chi connectivity index (χ4n) is 6.21. The van der Waals surface area contributed by atoms with E-state index in [1.165, 1.54) is 11.3 Å². The molecule has 1 fully saturated rings. The molecular formula is C32H28ClF3N4O4S. The Hall–Kier alpha value is -3.76. The first-order valence-corrected chi connectivity index (χ1v) is 15.7. The van der Waals surface area contributed by atoms with Crippen LogP contribution in [0.4, 0.5) is 13.2 Å². The number of rotatable bonds is 5. The standard InChI is InChI=1S/C32H28ClF3N4O4S/c1-18-38-27-7-6-21(39-13-9-22(10-14-39)44-32(34,35)36)16-25(27)30(41)40(18)12-2-3-19-4-5-20(33)15-24(19)23-8-11-37-28-26(31(42)43)17-45-29(23)28/h4-5,8,11,15,17,21-22H,6-7,9-10,12-14,16H2,1H3,(H,42,43)/t21-/m0/s1. The van der Waals surface area contributed by atoms with E-state index in [0.717, 1.165) is 23.2 Å². The zero-order valence-corrected chi connectivity index (χ0v) is 25.7. The fourth-order valence-corrected chi connectivity index (χ4v) is 7.41. The van der Waals surface area contributed by atoms with Crippen molar-refractivity contribution < 1.29 is 27.8 Å². The van der Waals surface area contributed by atoms with Gasteiger partial charge in [-0.15, -0.1) is 24.5 Å². The Labute approximate surface area is 265 Å². The summed E-state index contributed by atoms with van der Waals surface area (Å²) in [5, 5.41) is 11.6. The third-order valence-corrected chi connectivity index (χ3v) is 9.64. The number of carboxylic acid groups (broad SMARTS) is 1. The molecule has 1 aromatic carbocycles. The highest BCUT2D eigenvalue weighted by Crippen LogP contribution is 2.36. The normalized spacial score (nSPS) is 17.6. The number of nitrogens with zero attached hydrogens (tertiary/aromatic N) is 4. The van der Waals surface area contributed by atoms with Gasteiger partial charge in [-0.1, -0.05) is 23.4 Å². The number of piperidine rings is 1. The van der Waals surface area contributed by atoms with Crippen LogP contribution in [0.1, 0.15) is 52.3 Å². The number of hydrogen-bond acceptors (Lipinski definition) is 7. The predicted octanol–water partition coefficient (Wildman–Crippen LogP) is 6.09. The lowest BCUT2D eigenvalue weighted by molar-refractivity contribution is -0.346. The molecule has 4 aromatic rings. The Bertz CT molecular complexity index is 1900. The lowest BCUT2D eigenvalue weighted by Crippen LogP contribution is -2.47. The highest BCUT2D eigenvalue weighted by atomic mass is 35.5. The largest absolute Gasteiger partial charge is 0.522 e. The van der Waals surface area contributed by atoms with Crippen molar-refractivity contribution in [3.8, 4) is 23.0 Å². The van der Waals surface area contributed by atoms with Crippen LogP contribution < -0.4 is 5.56 Å². The van der Waals surface area contributed by atoms with Gasteiger partial charge in [-0.3, -0.25) is 24.0 Å². The average Bonchev–Trinajstić information content (AvgIpc) is 3.44. The van der Waals surface area contributed by atoms with Crippen molar-refractivity contribution in [2.75, 3.05) is 13.1 Å². The highest BCUT2D eigenvalue weighted by Gasteiger charge is 2.37. The number of aromatic carboxylic acids is 1. The molecular weight excluding hydrogens is 629 g/mol. The van der Waals surface area contributed by atoms with E-state index in [4.69, 9.17) is 16.6 Å². The smallest absolute Gasteiger partial charge is 0.478 e. The summed E-state index contributed by atoms with van der Waals surface area (Å²) in [5.41, 5.74) is 3.91. The number of carbonyl (C=O) groups is 1. The van der Waals surface area contributed by atoms with Crippen LogP contribution in [0.3, 0.4) is 0 Å². The van der Waals surface area contributed by atoms with Crippen molar-refractivity contribution in [2.45, 2.75) is 64.1 Å². The third-order valence-electron chi connectivity index (χ3n) is 8.40. The van der Waals surface area contributed by atoms with Gasteiger partial charge in [0.15, 0.2) is 0 Å². The van der Waals surface area contributed by atoms with Crippen LogP contribution in [-0.4, -0.2) is 62.1 Å².